The van der Waals surface area contributed by atoms with Gasteiger partial charge >= 0.3 is 0 Å². The molecule has 0 atom stereocenters. The van der Waals surface area contributed by atoms with Gasteiger partial charge in [-0.1, -0.05) is 11.8 Å². The van der Waals surface area contributed by atoms with Crippen molar-refractivity contribution in [1.29, 1.82) is 0 Å². The number of thioether (sulfide) groups is 1. The summed E-state index contributed by atoms with van der Waals surface area (Å²) < 4.78 is 12.6. The maximum atomic E-state index is 11.8. The van der Waals surface area contributed by atoms with Crippen LogP contribution in [0.25, 0.3) is 0 Å². The van der Waals surface area contributed by atoms with E-state index in [0.717, 1.165) is 0 Å². The van der Waals surface area contributed by atoms with Crippen LogP contribution in [0.3, 0.4) is 0 Å². The van der Waals surface area contributed by atoms with E-state index in [1.807, 2.05) is 0 Å². The molecule has 7 heteroatoms. The highest BCUT2D eigenvalue weighted by Crippen LogP contribution is 2.12. The zero-order chi connectivity index (χ0) is 9.68. The number of nitrogens with zero attached hydrogens (tertiary/aromatic N) is 1. The maximum Gasteiger partial charge on any atom is 0.201 e. The van der Waals surface area contributed by atoms with Gasteiger partial charge < -0.3 is 9.97 Å². The molecule has 13 heavy (non-hydrogen) atoms. The average Bonchev–Trinajstić information content (AvgIpc) is 2.03. The summed E-state index contributed by atoms with van der Waals surface area (Å²) in [5.41, 5.74) is 0. The summed E-state index contributed by atoms with van der Waals surface area (Å²) in [6.07, 6.45) is 0.512. The van der Waals surface area contributed by atoms with Crippen LogP contribution >= 0.6 is 36.2 Å². The van der Waals surface area contributed by atoms with Crippen molar-refractivity contribution in [1.82, 2.24) is 15.0 Å². The second-order valence-electron chi connectivity index (χ2n) is 2.19. The number of hydrogen-bond acceptors (Lipinski definition) is 4. The first kappa shape index (κ1) is 10.8. The van der Waals surface area contributed by atoms with Crippen LogP contribution in [0.5, 0.6) is 0 Å². The molecule has 0 amide bonds. The molecule has 0 saturated carbocycles. The van der Waals surface area contributed by atoms with E-state index < -0.39 is 0 Å². The Morgan fingerprint density at radius 2 is 2.15 bits per heavy atom. The third-order valence-corrected chi connectivity index (χ3v) is 2.52. The molecule has 1 aromatic rings. The van der Waals surface area contributed by atoms with Gasteiger partial charge in [0.2, 0.25) is 4.77 Å². The van der Waals surface area contributed by atoms with Gasteiger partial charge in [0.25, 0.3) is 0 Å². The quantitative estimate of drug-likeness (QED) is 0.480. The largest absolute Gasteiger partial charge is 0.311 e. The van der Waals surface area contributed by atoms with E-state index in [1.165, 1.54) is 11.8 Å². The van der Waals surface area contributed by atoms with Gasteiger partial charge in [-0.05, 0) is 30.9 Å². The molecule has 3 nitrogen and oxygen atoms in total. The minimum absolute atomic E-state index is 0.312. The molecule has 0 unspecified atom stereocenters. The van der Waals surface area contributed by atoms with Gasteiger partial charge in [-0.25, -0.2) is 0 Å². The van der Waals surface area contributed by atoms with Crippen molar-refractivity contribution < 1.29 is 4.39 Å². The molecule has 0 aromatic carbocycles. The van der Waals surface area contributed by atoms with E-state index >= 15 is 0 Å². The molecular formula is C6H8FN3S3. The predicted molar refractivity (Wildman–Crippen MR) is 55.9 cm³/mol. The number of aromatic nitrogens is 3. The summed E-state index contributed by atoms with van der Waals surface area (Å²) in [4.78, 5) is 9.49. The Labute approximate surface area is 89.2 Å². The zero-order valence-electron chi connectivity index (χ0n) is 6.67. The Morgan fingerprint density at radius 3 is 2.77 bits per heavy atom. The predicted octanol–water partition coefficient (Wildman–Crippen LogP) is 2.65. The fourth-order valence-electron chi connectivity index (χ4n) is 0.665. The molecule has 0 saturated heterocycles. The molecule has 0 aliphatic carbocycles. The summed E-state index contributed by atoms with van der Waals surface area (Å²) in [7, 11) is 0. The molecule has 1 heterocycles. The van der Waals surface area contributed by atoms with E-state index in [2.05, 4.69) is 15.0 Å². The van der Waals surface area contributed by atoms with Gasteiger partial charge in [-0.3, -0.25) is 4.39 Å². The van der Waals surface area contributed by atoms with Crippen LogP contribution < -0.4 is 0 Å². The fourth-order valence-corrected chi connectivity index (χ4v) is 2.02. The van der Waals surface area contributed by atoms with Crippen molar-refractivity contribution >= 4 is 36.2 Å². The van der Waals surface area contributed by atoms with Crippen LogP contribution in [0.1, 0.15) is 6.42 Å². The molecule has 72 valence electrons. The first-order valence-corrected chi connectivity index (χ1v) is 5.42. The lowest BCUT2D eigenvalue weighted by Gasteiger charge is -1.97. The third-order valence-electron chi connectivity index (χ3n) is 1.16. The van der Waals surface area contributed by atoms with Crippen molar-refractivity contribution in [3.05, 3.63) is 9.54 Å². The summed E-state index contributed by atoms with van der Waals surface area (Å²) in [6.45, 7) is -0.312. The second-order valence-corrected chi connectivity index (χ2v) is 4.07. The molecule has 2 N–H and O–H groups in total. The van der Waals surface area contributed by atoms with E-state index in [9.17, 15) is 4.39 Å². The van der Waals surface area contributed by atoms with Crippen LogP contribution in [0, 0.1) is 9.54 Å². The Balaban J connectivity index is 2.67. The third kappa shape index (κ3) is 3.97. The van der Waals surface area contributed by atoms with Gasteiger partial charge in [0, 0.05) is 5.75 Å². The van der Waals surface area contributed by atoms with Crippen molar-refractivity contribution in [2.24, 2.45) is 0 Å². The van der Waals surface area contributed by atoms with Crippen LogP contribution in [0.2, 0.25) is 0 Å². The molecule has 0 aliphatic heterocycles. The van der Waals surface area contributed by atoms with Crippen LogP contribution in [0.15, 0.2) is 5.16 Å². The molecule has 0 fully saturated rings. The highest BCUT2D eigenvalue weighted by atomic mass is 32.2. The standard InChI is InChI=1S/C6H8FN3S3/c7-2-1-3-13-6-9-4(11)8-5(12)10-6/h1-3H2,(H2,8,9,10,11,12). The minimum atomic E-state index is -0.312. The maximum absolute atomic E-state index is 11.8. The summed E-state index contributed by atoms with van der Waals surface area (Å²) in [5, 5.41) is 0.641. The van der Waals surface area contributed by atoms with Crippen LogP contribution in [0.4, 0.5) is 4.39 Å². The Kier molecular flexibility index (Phi) is 4.54. The fraction of sp³-hybridized carbons (Fsp3) is 0.500. The van der Waals surface area contributed by atoms with E-state index in [4.69, 9.17) is 24.4 Å². The number of nitrogens with one attached hydrogen (secondary N) is 2. The highest BCUT2D eigenvalue weighted by molar-refractivity contribution is 7.99. The number of alkyl halides is 1. The second kappa shape index (κ2) is 5.46. The lowest BCUT2D eigenvalue weighted by molar-refractivity contribution is 0.489. The van der Waals surface area contributed by atoms with Gasteiger partial charge in [0.05, 0.1) is 6.67 Å². The molecule has 0 spiro atoms. The lowest BCUT2D eigenvalue weighted by Crippen LogP contribution is -1.92. The normalized spacial score (nSPS) is 10.2. The van der Waals surface area contributed by atoms with Crippen molar-refractivity contribution in [2.75, 3.05) is 12.4 Å². The summed E-state index contributed by atoms with van der Waals surface area (Å²) in [5.74, 6) is 0.674. The van der Waals surface area contributed by atoms with Crippen LogP contribution in [-0.4, -0.2) is 27.4 Å². The topological polar surface area (TPSA) is 44.5 Å². The first-order chi connectivity index (χ1) is 6.22. The van der Waals surface area contributed by atoms with E-state index in [1.54, 1.807) is 0 Å². The molecule has 0 radical (unpaired) electrons. The Hall–Kier alpha value is -0.270. The molecular weight excluding hydrogens is 229 g/mol. The number of rotatable bonds is 4. The number of aromatic amines is 2. The molecule has 1 aromatic heterocycles. The van der Waals surface area contributed by atoms with E-state index in [-0.39, 0.29) is 6.67 Å². The summed E-state index contributed by atoms with van der Waals surface area (Å²) in [6, 6.07) is 0. The van der Waals surface area contributed by atoms with Crippen molar-refractivity contribution in [2.45, 2.75) is 11.6 Å². The molecule has 0 bridgehead atoms. The average molecular weight is 237 g/mol. The highest BCUT2D eigenvalue weighted by Gasteiger charge is 1.95. The monoisotopic (exact) mass is 237 g/mol. The van der Waals surface area contributed by atoms with Gasteiger partial charge in [0.1, 0.15) is 0 Å². The van der Waals surface area contributed by atoms with E-state index in [0.29, 0.717) is 26.9 Å². The number of hydrogen-bond donors (Lipinski definition) is 2. The first-order valence-electron chi connectivity index (χ1n) is 3.62. The Bertz CT molecular complexity index is 344. The molecule has 0 aliphatic rings. The van der Waals surface area contributed by atoms with Crippen molar-refractivity contribution in [3.63, 3.8) is 0 Å². The van der Waals surface area contributed by atoms with Gasteiger partial charge in [-0.15, -0.1) is 0 Å². The SMILES string of the molecule is FCCCSc1nc(=S)[nH]c(=S)[nH]1. The Morgan fingerprint density at radius 1 is 1.38 bits per heavy atom. The zero-order valence-corrected chi connectivity index (χ0v) is 9.12. The van der Waals surface area contributed by atoms with Gasteiger partial charge in [0.15, 0.2) is 9.93 Å². The van der Waals surface area contributed by atoms with Crippen molar-refractivity contribution in [3.8, 4) is 0 Å². The van der Waals surface area contributed by atoms with Gasteiger partial charge in [-0.2, -0.15) is 4.98 Å². The molecule has 1 rings (SSSR count). The lowest BCUT2D eigenvalue weighted by atomic mass is 10.6. The number of halogens is 1. The van der Waals surface area contributed by atoms with Crippen LogP contribution in [-0.2, 0) is 0 Å². The minimum Gasteiger partial charge on any atom is -0.311 e. The number of H-pyrrole nitrogens is 2. The smallest absolute Gasteiger partial charge is 0.201 e. The summed E-state index contributed by atoms with van der Waals surface area (Å²) >= 11 is 11.1.